The average Bonchev–Trinajstić information content (AvgIpc) is 3.22. The molecule has 2 unspecified atom stereocenters. The monoisotopic (exact) mass is 394 g/mol. The molecule has 0 aliphatic carbocycles. The molecule has 5 rings (SSSR count). The van der Waals surface area contributed by atoms with Gasteiger partial charge in [0.1, 0.15) is 0 Å². The molecule has 3 aromatic rings. The van der Waals surface area contributed by atoms with Crippen molar-refractivity contribution >= 4 is 9.84 Å². The van der Waals surface area contributed by atoms with Crippen LogP contribution in [0.25, 0.3) is 5.69 Å². The molecule has 2 aromatic heterocycles. The van der Waals surface area contributed by atoms with Gasteiger partial charge in [-0.25, -0.2) is 13.1 Å². The Morgan fingerprint density at radius 3 is 2.64 bits per heavy atom. The molecule has 1 saturated heterocycles. The Labute approximate surface area is 164 Å². The van der Waals surface area contributed by atoms with Crippen LogP contribution < -0.4 is 0 Å². The van der Waals surface area contributed by atoms with E-state index in [1.54, 1.807) is 12.1 Å². The molecule has 1 aromatic carbocycles. The van der Waals surface area contributed by atoms with Crippen molar-refractivity contribution in [1.82, 2.24) is 19.7 Å². The van der Waals surface area contributed by atoms with Crippen molar-refractivity contribution in [2.45, 2.75) is 42.8 Å². The summed E-state index contributed by atoms with van der Waals surface area (Å²) in [5.41, 5.74) is 4.55. The first-order valence-electron chi connectivity index (χ1n) is 9.53. The Balaban J connectivity index is 1.46. The highest BCUT2D eigenvalue weighted by Crippen LogP contribution is 2.44. The Kier molecular flexibility index (Phi) is 4.10. The van der Waals surface area contributed by atoms with E-state index in [9.17, 15) is 8.42 Å². The van der Waals surface area contributed by atoms with E-state index in [2.05, 4.69) is 21.0 Å². The lowest BCUT2D eigenvalue weighted by Gasteiger charge is -2.34. The highest BCUT2D eigenvalue weighted by molar-refractivity contribution is 7.90. The molecular formula is C21H22N4O2S. The summed E-state index contributed by atoms with van der Waals surface area (Å²) in [6.07, 6.45) is 8.34. The van der Waals surface area contributed by atoms with Crippen LogP contribution in [-0.4, -0.2) is 40.4 Å². The summed E-state index contributed by atoms with van der Waals surface area (Å²) in [6, 6.07) is 13.9. The van der Waals surface area contributed by atoms with Crippen molar-refractivity contribution in [3.8, 4) is 5.69 Å². The van der Waals surface area contributed by atoms with Crippen LogP contribution in [0.3, 0.4) is 0 Å². The fourth-order valence-electron chi connectivity index (χ4n) is 4.56. The van der Waals surface area contributed by atoms with E-state index in [-0.39, 0.29) is 0 Å². The van der Waals surface area contributed by atoms with Crippen LogP contribution in [0, 0.1) is 0 Å². The van der Waals surface area contributed by atoms with E-state index in [1.807, 2.05) is 41.3 Å². The molecule has 0 saturated carbocycles. The molecule has 0 spiro atoms. The Bertz CT molecular complexity index is 1110. The van der Waals surface area contributed by atoms with Crippen molar-refractivity contribution < 1.29 is 8.42 Å². The number of nitrogens with zero attached hydrogens (tertiary/aromatic N) is 4. The zero-order valence-electron chi connectivity index (χ0n) is 15.7. The molecule has 2 aliphatic rings. The first-order chi connectivity index (χ1) is 13.5. The Hall–Kier alpha value is -2.51. The second kappa shape index (κ2) is 6.53. The molecular weight excluding hydrogens is 372 g/mol. The number of benzene rings is 1. The number of aromatic nitrogens is 3. The summed E-state index contributed by atoms with van der Waals surface area (Å²) in [5, 5.41) is 4.65. The number of sulfone groups is 1. The van der Waals surface area contributed by atoms with E-state index in [4.69, 9.17) is 0 Å². The van der Waals surface area contributed by atoms with Gasteiger partial charge in [-0.3, -0.25) is 9.88 Å². The molecule has 0 radical (unpaired) electrons. The van der Waals surface area contributed by atoms with Gasteiger partial charge < -0.3 is 0 Å². The Morgan fingerprint density at radius 2 is 1.93 bits per heavy atom. The molecule has 7 heteroatoms. The van der Waals surface area contributed by atoms with E-state index >= 15 is 0 Å². The molecule has 6 nitrogen and oxygen atoms in total. The summed E-state index contributed by atoms with van der Waals surface area (Å²) in [6.45, 7) is 0.865. The van der Waals surface area contributed by atoms with Crippen LogP contribution in [0.5, 0.6) is 0 Å². The van der Waals surface area contributed by atoms with Gasteiger partial charge in [-0.15, -0.1) is 0 Å². The standard InChI is InChI=1S/C21H22N4O2S/c1-28(26,27)18-8-5-16(6-9-18)25-21-12-17-7-10-20(19(21)13-23-25)24(17)14-15-4-2-3-11-22-15/h2-6,8-9,11,13,17,20H,7,10,12,14H2,1H3. The van der Waals surface area contributed by atoms with Crippen molar-refractivity contribution in [3.63, 3.8) is 0 Å². The zero-order chi connectivity index (χ0) is 19.3. The van der Waals surface area contributed by atoms with Gasteiger partial charge in [0.05, 0.1) is 28.2 Å². The third-order valence-corrected chi connectivity index (χ3v) is 7.04. The largest absolute Gasteiger partial charge is 0.287 e. The van der Waals surface area contributed by atoms with E-state index < -0.39 is 9.84 Å². The fourth-order valence-corrected chi connectivity index (χ4v) is 5.19. The van der Waals surface area contributed by atoms with Gasteiger partial charge in [0.25, 0.3) is 0 Å². The summed E-state index contributed by atoms with van der Waals surface area (Å²) in [4.78, 5) is 7.39. The first kappa shape index (κ1) is 17.6. The first-order valence-corrected chi connectivity index (χ1v) is 11.4. The quantitative estimate of drug-likeness (QED) is 0.681. The molecule has 2 aliphatic heterocycles. The topological polar surface area (TPSA) is 68.1 Å². The van der Waals surface area contributed by atoms with Gasteiger partial charge in [-0.2, -0.15) is 5.10 Å². The van der Waals surface area contributed by atoms with Gasteiger partial charge in [-0.1, -0.05) is 6.07 Å². The minimum Gasteiger partial charge on any atom is -0.287 e. The van der Waals surface area contributed by atoms with Gasteiger partial charge in [0.2, 0.25) is 0 Å². The maximum atomic E-state index is 11.7. The molecule has 2 bridgehead atoms. The predicted octanol–water partition coefficient (Wildman–Crippen LogP) is 2.93. The maximum Gasteiger partial charge on any atom is 0.175 e. The van der Waals surface area contributed by atoms with Gasteiger partial charge in [-0.05, 0) is 49.2 Å². The van der Waals surface area contributed by atoms with E-state index in [0.717, 1.165) is 30.8 Å². The highest BCUT2D eigenvalue weighted by Gasteiger charge is 2.41. The highest BCUT2D eigenvalue weighted by atomic mass is 32.2. The molecule has 2 atom stereocenters. The van der Waals surface area contributed by atoms with Crippen LogP contribution in [0.15, 0.2) is 59.8 Å². The van der Waals surface area contributed by atoms with E-state index in [1.165, 1.54) is 23.9 Å². The van der Waals surface area contributed by atoms with Crippen LogP contribution in [-0.2, 0) is 22.8 Å². The van der Waals surface area contributed by atoms with Crippen LogP contribution in [0.4, 0.5) is 0 Å². The lowest BCUT2D eigenvalue weighted by Crippen LogP contribution is -2.37. The van der Waals surface area contributed by atoms with Crippen molar-refractivity contribution in [3.05, 3.63) is 71.8 Å². The van der Waals surface area contributed by atoms with Crippen LogP contribution >= 0.6 is 0 Å². The van der Waals surface area contributed by atoms with Crippen LogP contribution in [0.2, 0.25) is 0 Å². The summed E-state index contributed by atoms with van der Waals surface area (Å²) in [5.74, 6) is 0. The number of hydrogen-bond donors (Lipinski definition) is 0. The van der Waals surface area contributed by atoms with Gasteiger partial charge in [0.15, 0.2) is 9.84 Å². The number of fused-ring (bicyclic) bond motifs is 4. The number of hydrogen-bond acceptors (Lipinski definition) is 5. The molecule has 0 N–H and O–H groups in total. The lowest BCUT2D eigenvalue weighted by molar-refractivity contribution is 0.165. The smallest absolute Gasteiger partial charge is 0.175 e. The number of rotatable bonds is 4. The third-order valence-electron chi connectivity index (χ3n) is 5.91. The molecule has 4 heterocycles. The minimum atomic E-state index is -3.19. The summed E-state index contributed by atoms with van der Waals surface area (Å²) < 4.78 is 25.4. The van der Waals surface area contributed by atoms with Crippen LogP contribution in [0.1, 0.15) is 35.8 Å². The molecule has 144 valence electrons. The molecule has 0 amide bonds. The van der Waals surface area contributed by atoms with Crippen molar-refractivity contribution in [2.75, 3.05) is 6.26 Å². The summed E-state index contributed by atoms with van der Waals surface area (Å²) >= 11 is 0. The van der Waals surface area contributed by atoms with Crippen molar-refractivity contribution in [1.29, 1.82) is 0 Å². The second-order valence-electron chi connectivity index (χ2n) is 7.67. The van der Waals surface area contributed by atoms with Gasteiger partial charge >= 0.3 is 0 Å². The normalized spacial score (nSPS) is 21.6. The number of pyridine rings is 1. The lowest BCUT2D eigenvalue weighted by atomic mass is 9.99. The zero-order valence-corrected chi connectivity index (χ0v) is 16.5. The maximum absolute atomic E-state index is 11.7. The molecule has 28 heavy (non-hydrogen) atoms. The molecule has 1 fully saturated rings. The summed E-state index contributed by atoms with van der Waals surface area (Å²) in [7, 11) is -3.19. The third kappa shape index (κ3) is 2.95. The second-order valence-corrected chi connectivity index (χ2v) is 9.68. The van der Waals surface area contributed by atoms with Gasteiger partial charge in [0, 0.05) is 43.1 Å². The van der Waals surface area contributed by atoms with Crippen molar-refractivity contribution in [2.24, 2.45) is 0 Å². The average molecular weight is 395 g/mol. The fraction of sp³-hybridized carbons (Fsp3) is 0.333. The predicted molar refractivity (Wildman–Crippen MR) is 106 cm³/mol. The SMILES string of the molecule is CS(=O)(=O)c1ccc(-n2ncc3c2CC2CCC3N2Cc2ccccn2)cc1. The van der Waals surface area contributed by atoms with E-state index in [0.29, 0.717) is 17.0 Å². The Morgan fingerprint density at radius 1 is 1.11 bits per heavy atom. The minimum absolute atomic E-state index is 0.332.